The van der Waals surface area contributed by atoms with Crippen LogP contribution in [-0.2, 0) is 10.8 Å². The minimum absolute atomic E-state index is 0.225. The van der Waals surface area contributed by atoms with Crippen LogP contribution < -0.4 is 4.74 Å². The molecule has 2 aromatic heterocycles. The van der Waals surface area contributed by atoms with Gasteiger partial charge in [0.05, 0.1) is 12.9 Å². The predicted octanol–water partition coefficient (Wildman–Crippen LogP) is 5.50. The average Bonchev–Trinajstić information content (AvgIpc) is 3.08. The van der Waals surface area contributed by atoms with Crippen LogP contribution in [0.2, 0.25) is 0 Å². The van der Waals surface area contributed by atoms with Gasteiger partial charge in [0.1, 0.15) is 11.3 Å². The first-order chi connectivity index (χ1) is 13.5. The van der Waals surface area contributed by atoms with Crippen LogP contribution in [0.1, 0.15) is 72.4 Å². The number of nitrogens with zero attached hydrogens (tertiary/aromatic N) is 3. The molecule has 6 heteroatoms. The third-order valence-corrected chi connectivity index (χ3v) is 4.97. The summed E-state index contributed by atoms with van der Waals surface area (Å²) in [7, 11) is 0. The quantitative estimate of drug-likeness (QED) is 0.556. The first-order valence-corrected chi connectivity index (χ1v) is 10.2. The number of imidazole rings is 1. The van der Waals surface area contributed by atoms with Gasteiger partial charge in [-0.2, -0.15) is 4.98 Å². The number of H-pyrrole nitrogens is 1. The number of aromatic amines is 1. The van der Waals surface area contributed by atoms with Crippen LogP contribution in [0.25, 0.3) is 22.6 Å². The molecule has 0 bridgehead atoms. The molecule has 2 heterocycles. The zero-order valence-corrected chi connectivity index (χ0v) is 18.6. The minimum atomic E-state index is -0.225. The second-order valence-electron chi connectivity index (χ2n) is 9.58. The number of benzene rings is 1. The number of rotatable bonds is 5. The molecule has 3 rings (SSSR count). The van der Waals surface area contributed by atoms with Crippen molar-refractivity contribution in [3.8, 4) is 23.0 Å². The highest BCUT2D eigenvalue weighted by Gasteiger charge is 2.27. The second-order valence-corrected chi connectivity index (χ2v) is 9.58. The molecule has 6 nitrogen and oxygen atoms in total. The summed E-state index contributed by atoms with van der Waals surface area (Å²) in [5.74, 6) is 1.40. The van der Waals surface area contributed by atoms with Gasteiger partial charge >= 0.3 is 0 Å². The van der Waals surface area contributed by atoms with Gasteiger partial charge in [0.2, 0.25) is 5.88 Å². The van der Waals surface area contributed by atoms with Gasteiger partial charge in [-0.3, -0.25) is 0 Å². The maximum Gasteiger partial charge on any atom is 0.243 e. The number of unbranched alkanes of at least 4 members (excludes halogenated alkanes) is 1. The molecule has 0 aliphatic carbocycles. The lowest BCUT2D eigenvalue weighted by Crippen LogP contribution is -2.17. The first-order valence-electron chi connectivity index (χ1n) is 10.2. The lowest BCUT2D eigenvalue weighted by molar-refractivity contribution is 0.301. The van der Waals surface area contributed by atoms with E-state index >= 15 is 0 Å². The molecule has 29 heavy (non-hydrogen) atoms. The van der Waals surface area contributed by atoms with Crippen molar-refractivity contribution in [3.63, 3.8) is 0 Å². The molecule has 0 atom stereocenters. The fraction of sp³-hybridized carbons (Fsp3) is 0.522. The minimum Gasteiger partial charge on any atom is -0.507 e. The smallest absolute Gasteiger partial charge is 0.243 e. The van der Waals surface area contributed by atoms with E-state index in [4.69, 9.17) is 9.72 Å². The fourth-order valence-corrected chi connectivity index (χ4v) is 3.26. The zero-order chi connectivity index (χ0) is 21.4. The first kappa shape index (κ1) is 21.1. The highest BCUT2D eigenvalue weighted by molar-refractivity contribution is 5.78. The van der Waals surface area contributed by atoms with Crippen LogP contribution in [0.15, 0.2) is 18.5 Å². The molecule has 0 saturated carbocycles. The average molecular weight is 397 g/mol. The summed E-state index contributed by atoms with van der Waals surface area (Å²) < 4.78 is 5.93. The van der Waals surface area contributed by atoms with Crippen molar-refractivity contribution in [2.45, 2.75) is 72.1 Å². The van der Waals surface area contributed by atoms with E-state index in [0.717, 1.165) is 29.5 Å². The van der Waals surface area contributed by atoms with Gasteiger partial charge in [-0.1, -0.05) is 54.9 Å². The van der Waals surface area contributed by atoms with Crippen LogP contribution in [0.3, 0.4) is 0 Å². The van der Waals surface area contributed by atoms with Crippen molar-refractivity contribution >= 4 is 11.2 Å². The summed E-state index contributed by atoms with van der Waals surface area (Å²) in [6.07, 6.45) is 3.61. The van der Waals surface area contributed by atoms with Gasteiger partial charge in [-0.25, -0.2) is 9.97 Å². The Bertz CT molecular complexity index is 975. The van der Waals surface area contributed by atoms with E-state index in [1.54, 1.807) is 6.33 Å². The third-order valence-electron chi connectivity index (χ3n) is 4.97. The van der Waals surface area contributed by atoms with Crippen molar-refractivity contribution < 1.29 is 9.84 Å². The molecule has 0 amide bonds. The van der Waals surface area contributed by atoms with Crippen molar-refractivity contribution in [2.24, 2.45) is 0 Å². The van der Waals surface area contributed by atoms with Crippen molar-refractivity contribution in [1.29, 1.82) is 0 Å². The number of nitrogens with one attached hydrogen (secondary N) is 1. The highest BCUT2D eigenvalue weighted by atomic mass is 16.5. The second kappa shape index (κ2) is 7.65. The number of aromatic nitrogens is 4. The summed E-state index contributed by atoms with van der Waals surface area (Å²) in [6, 6.07) is 3.96. The third kappa shape index (κ3) is 4.36. The summed E-state index contributed by atoms with van der Waals surface area (Å²) in [4.78, 5) is 16.8. The number of fused-ring (bicyclic) bond motifs is 1. The molecule has 0 fully saturated rings. The molecular formula is C23H32N4O2. The largest absolute Gasteiger partial charge is 0.507 e. The molecule has 0 unspecified atom stereocenters. The molecule has 0 aliphatic rings. The summed E-state index contributed by atoms with van der Waals surface area (Å²) >= 11 is 0. The molecule has 2 N–H and O–H groups in total. The van der Waals surface area contributed by atoms with Crippen LogP contribution in [0, 0.1) is 0 Å². The van der Waals surface area contributed by atoms with Gasteiger partial charge in [0.15, 0.2) is 11.5 Å². The van der Waals surface area contributed by atoms with E-state index in [1.165, 1.54) is 0 Å². The van der Waals surface area contributed by atoms with Crippen LogP contribution >= 0.6 is 0 Å². The van der Waals surface area contributed by atoms with E-state index in [0.29, 0.717) is 35.2 Å². The van der Waals surface area contributed by atoms with Crippen molar-refractivity contribution in [2.75, 3.05) is 6.61 Å². The van der Waals surface area contributed by atoms with Crippen LogP contribution in [0.4, 0.5) is 0 Å². The van der Waals surface area contributed by atoms with E-state index in [-0.39, 0.29) is 10.8 Å². The number of hydrogen-bond donors (Lipinski definition) is 2. The lowest BCUT2D eigenvalue weighted by atomic mass is 9.78. The SMILES string of the molecule is CCCCOc1nc(-c2cc(C(C)(C)C)c(O)c(C(C)(C)C)c2)nc2nc[nH]c12. The molecule has 3 aromatic rings. The maximum absolute atomic E-state index is 11.0. The Morgan fingerprint density at radius 1 is 1.00 bits per heavy atom. The Morgan fingerprint density at radius 2 is 1.62 bits per heavy atom. The zero-order valence-electron chi connectivity index (χ0n) is 18.6. The molecule has 0 aliphatic heterocycles. The lowest BCUT2D eigenvalue weighted by Gasteiger charge is -2.28. The highest BCUT2D eigenvalue weighted by Crippen LogP contribution is 2.41. The van der Waals surface area contributed by atoms with E-state index < -0.39 is 0 Å². The Hall–Kier alpha value is -2.63. The van der Waals surface area contributed by atoms with Crippen LogP contribution in [-0.4, -0.2) is 31.6 Å². The molecule has 1 aromatic carbocycles. The van der Waals surface area contributed by atoms with Crippen molar-refractivity contribution in [1.82, 2.24) is 19.9 Å². The number of ether oxygens (including phenoxy) is 1. The van der Waals surface area contributed by atoms with Gasteiger partial charge < -0.3 is 14.8 Å². The topological polar surface area (TPSA) is 83.9 Å². The van der Waals surface area contributed by atoms with Gasteiger partial charge in [0.25, 0.3) is 0 Å². The number of hydrogen-bond acceptors (Lipinski definition) is 5. The molecule has 0 spiro atoms. The summed E-state index contributed by atoms with van der Waals surface area (Å²) in [6.45, 7) is 15.3. The Morgan fingerprint density at radius 3 is 2.17 bits per heavy atom. The molecular weight excluding hydrogens is 364 g/mol. The Balaban J connectivity index is 2.21. The van der Waals surface area contributed by atoms with Crippen LogP contribution in [0.5, 0.6) is 11.6 Å². The molecule has 0 radical (unpaired) electrons. The standard InChI is InChI=1S/C23H32N4O2/c1-8-9-10-29-21-17-20(25-13-24-17)26-19(27-21)14-11-15(22(2,3)4)18(28)16(12-14)23(5,6)7/h11-13,28H,8-10H2,1-7H3,(H,24,25,26,27). The Labute approximate surface area is 172 Å². The maximum atomic E-state index is 11.0. The summed E-state index contributed by atoms with van der Waals surface area (Å²) in [5.41, 5.74) is 3.43. The Kier molecular flexibility index (Phi) is 5.57. The number of aromatic hydroxyl groups is 1. The van der Waals surface area contributed by atoms with E-state index in [1.807, 2.05) is 12.1 Å². The van der Waals surface area contributed by atoms with Crippen molar-refractivity contribution in [3.05, 3.63) is 29.6 Å². The number of phenolic OH excluding ortho intramolecular Hbond substituents is 1. The normalized spacial score (nSPS) is 12.5. The van der Waals surface area contributed by atoms with Gasteiger partial charge in [0, 0.05) is 16.7 Å². The fourth-order valence-electron chi connectivity index (χ4n) is 3.26. The van der Waals surface area contributed by atoms with E-state index in [9.17, 15) is 5.11 Å². The number of phenols is 1. The monoisotopic (exact) mass is 396 g/mol. The van der Waals surface area contributed by atoms with E-state index in [2.05, 4.69) is 63.4 Å². The molecule has 156 valence electrons. The summed E-state index contributed by atoms with van der Waals surface area (Å²) in [5, 5.41) is 11.0. The van der Waals surface area contributed by atoms with Gasteiger partial charge in [-0.15, -0.1) is 0 Å². The van der Waals surface area contributed by atoms with Gasteiger partial charge in [-0.05, 0) is 29.4 Å². The predicted molar refractivity (Wildman–Crippen MR) is 117 cm³/mol. The molecule has 0 saturated heterocycles.